The van der Waals surface area contributed by atoms with Crippen LogP contribution < -0.4 is 10.4 Å². The van der Waals surface area contributed by atoms with E-state index in [4.69, 9.17) is 4.43 Å². The number of Topliss-reactive ketones (excluding diaryl/α,β-unsaturated/α-hetero) is 1. The van der Waals surface area contributed by atoms with Gasteiger partial charge in [-0.1, -0.05) is 95.3 Å². The number of hydrogen-bond donors (Lipinski definition) is 1. The van der Waals surface area contributed by atoms with Crippen LogP contribution in [0.1, 0.15) is 53.9 Å². The maximum Gasteiger partial charge on any atom is 0.261 e. The largest absolute Gasteiger partial charge is 0.404 e. The molecule has 1 N–H and O–H groups in total. The SMILES string of the molecule is CCC(=O)C[C@](O)(CC)CO[Si](c1ccccc1)(c1ccccc1)C(C)(C)C. The summed E-state index contributed by atoms with van der Waals surface area (Å²) in [4.78, 5) is 12.0. The minimum absolute atomic E-state index is 0.0652. The third-order valence-electron chi connectivity index (χ3n) is 5.55. The van der Waals surface area contributed by atoms with Crippen LogP contribution in [0.4, 0.5) is 0 Å². The van der Waals surface area contributed by atoms with E-state index < -0.39 is 13.9 Å². The lowest BCUT2D eigenvalue weighted by Gasteiger charge is -2.44. The standard InChI is InChI=1S/C24H34O3Si/c1-6-20(25)18-24(26,7-2)19-27-28(23(3,4)5,21-14-10-8-11-15-21)22-16-12-9-13-17-22/h8-17,26H,6-7,18-19H2,1-5H3/t24-/m1/s1. The molecule has 0 amide bonds. The predicted octanol–water partition coefficient (Wildman–Crippen LogP) is 4.07. The fraction of sp³-hybridized carbons (Fsp3) is 0.458. The second-order valence-electron chi connectivity index (χ2n) is 8.60. The molecule has 0 saturated heterocycles. The molecule has 0 aliphatic carbocycles. The molecule has 3 nitrogen and oxygen atoms in total. The first-order chi connectivity index (χ1) is 13.2. The smallest absolute Gasteiger partial charge is 0.261 e. The van der Waals surface area contributed by atoms with Crippen molar-refractivity contribution in [2.24, 2.45) is 0 Å². The average molecular weight is 399 g/mol. The summed E-state index contributed by atoms with van der Waals surface area (Å²) >= 11 is 0. The van der Waals surface area contributed by atoms with Crippen molar-refractivity contribution in [2.75, 3.05) is 6.61 Å². The summed E-state index contributed by atoms with van der Waals surface area (Å²) < 4.78 is 6.80. The molecule has 0 saturated carbocycles. The Morgan fingerprint density at radius 3 is 1.75 bits per heavy atom. The Morgan fingerprint density at radius 1 is 0.929 bits per heavy atom. The van der Waals surface area contributed by atoms with E-state index in [2.05, 4.69) is 45.0 Å². The minimum Gasteiger partial charge on any atom is -0.404 e. The molecule has 0 radical (unpaired) electrons. The molecule has 1 atom stereocenters. The molecule has 0 heterocycles. The molecule has 0 aliphatic rings. The van der Waals surface area contributed by atoms with E-state index in [9.17, 15) is 9.90 Å². The van der Waals surface area contributed by atoms with Gasteiger partial charge in [-0.3, -0.25) is 4.79 Å². The van der Waals surface area contributed by atoms with E-state index >= 15 is 0 Å². The summed E-state index contributed by atoms with van der Waals surface area (Å²) in [5.74, 6) is 0.0652. The lowest BCUT2D eigenvalue weighted by molar-refractivity contribution is -0.125. The molecule has 0 spiro atoms. The van der Waals surface area contributed by atoms with Gasteiger partial charge in [0.15, 0.2) is 0 Å². The Labute approximate surface area is 170 Å². The number of ketones is 1. The van der Waals surface area contributed by atoms with Gasteiger partial charge >= 0.3 is 0 Å². The summed E-state index contributed by atoms with van der Waals surface area (Å²) in [5.41, 5.74) is -1.14. The zero-order valence-electron chi connectivity index (χ0n) is 17.9. The molecule has 0 bridgehead atoms. The maximum absolute atomic E-state index is 12.0. The summed E-state index contributed by atoms with van der Waals surface area (Å²) in [6.45, 7) is 10.5. The average Bonchev–Trinajstić information content (AvgIpc) is 2.69. The molecular weight excluding hydrogens is 364 g/mol. The van der Waals surface area contributed by atoms with Crippen molar-refractivity contribution >= 4 is 24.5 Å². The van der Waals surface area contributed by atoms with Crippen LogP contribution in [0, 0.1) is 0 Å². The van der Waals surface area contributed by atoms with Crippen LogP contribution in [-0.4, -0.2) is 31.4 Å². The van der Waals surface area contributed by atoms with E-state index in [1.807, 2.05) is 50.2 Å². The first-order valence-corrected chi connectivity index (χ1v) is 12.1. The van der Waals surface area contributed by atoms with Crippen LogP contribution in [-0.2, 0) is 9.22 Å². The second kappa shape index (κ2) is 9.16. The van der Waals surface area contributed by atoms with Crippen molar-refractivity contribution in [1.29, 1.82) is 0 Å². The summed E-state index contributed by atoms with van der Waals surface area (Å²) in [5, 5.41) is 13.3. The van der Waals surface area contributed by atoms with Gasteiger partial charge in [-0.15, -0.1) is 0 Å². The quantitative estimate of drug-likeness (QED) is 0.648. The highest BCUT2D eigenvalue weighted by Gasteiger charge is 2.51. The van der Waals surface area contributed by atoms with E-state index in [1.165, 1.54) is 10.4 Å². The number of carbonyl (C=O) groups is 1. The zero-order chi connectivity index (χ0) is 20.8. The molecule has 2 aromatic carbocycles. The first kappa shape index (κ1) is 22.5. The Morgan fingerprint density at radius 2 is 1.39 bits per heavy atom. The second-order valence-corrected chi connectivity index (χ2v) is 12.9. The lowest BCUT2D eigenvalue weighted by atomic mass is 9.94. The van der Waals surface area contributed by atoms with E-state index in [1.54, 1.807) is 0 Å². The highest BCUT2D eigenvalue weighted by Crippen LogP contribution is 2.37. The Kier molecular flexibility index (Phi) is 7.37. The molecule has 0 aliphatic heterocycles. The fourth-order valence-electron chi connectivity index (χ4n) is 3.77. The third-order valence-corrected chi connectivity index (χ3v) is 10.5. The minimum atomic E-state index is -2.71. The number of rotatable bonds is 9. The van der Waals surface area contributed by atoms with Gasteiger partial charge in [0.25, 0.3) is 8.32 Å². The highest BCUT2D eigenvalue weighted by atomic mass is 28.4. The number of aliphatic hydroxyl groups is 1. The van der Waals surface area contributed by atoms with Crippen molar-refractivity contribution < 1.29 is 14.3 Å². The highest BCUT2D eigenvalue weighted by molar-refractivity contribution is 6.99. The Hall–Kier alpha value is -1.75. The van der Waals surface area contributed by atoms with Crippen molar-refractivity contribution in [1.82, 2.24) is 0 Å². The van der Waals surface area contributed by atoms with Crippen LogP contribution >= 0.6 is 0 Å². The lowest BCUT2D eigenvalue weighted by Crippen LogP contribution is -2.67. The molecule has 28 heavy (non-hydrogen) atoms. The van der Waals surface area contributed by atoms with Crippen LogP contribution in [0.25, 0.3) is 0 Å². The summed E-state index contributed by atoms with van der Waals surface area (Å²) in [6.07, 6.45) is 1.05. The molecule has 0 aromatic heterocycles. The van der Waals surface area contributed by atoms with Gasteiger partial charge in [-0.05, 0) is 21.8 Å². The van der Waals surface area contributed by atoms with Gasteiger partial charge in [0.2, 0.25) is 0 Å². The number of carbonyl (C=O) groups excluding carboxylic acids is 1. The van der Waals surface area contributed by atoms with Gasteiger partial charge in [-0.25, -0.2) is 0 Å². The summed E-state index contributed by atoms with van der Waals surface area (Å²) in [6, 6.07) is 20.7. The van der Waals surface area contributed by atoms with Crippen LogP contribution in [0.3, 0.4) is 0 Å². The Balaban J connectivity index is 2.54. The van der Waals surface area contributed by atoms with Crippen molar-refractivity contribution in [3.63, 3.8) is 0 Å². The molecule has 152 valence electrons. The zero-order valence-corrected chi connectivity index (χ0v) is 18.9. The Bertz CT molecular complexity index is 713. The predicted molar refractivity (Wildman–Crippen MR) is 119 cm³/mol. The van der Waals surface area contributed by atoms with E-state index in [0.717, 1.165) is 0 Å². The van der Waals surface area contributed by atoms with Crippen LogP contribution in [0.5, 0.6) is 0 Å². The van der Waals surface area contributed by atoms with E-state index in [0.29, 0.717) is 12.8 Å². The molecule has 0 fully saturated rings. The normalized spacial score (nSPS) is 14.5. The molecule has 0 unspecified atom stereocenters. The maximum atomic E-state index is 12.0. The van der Waals surface area contributed by atoms with Crippen LogP contribution in [0.2, 0.25) is 5.04 Å². The number of benzene rings is 2. The van der Waals surface area contributed by atoms with Gasteiger partial charge in [-0.2, -0.15) is 0 Å². The monoisotopic (exact) mass is 398 g/mol. The number of hydrogen-bond acceptors (Lipinski definition) is 3. The third kappa shape index (κ3) is 4.80. The van der Waals surface area contributed by atoms with Gasteiger partial charge in [0.1, 0.15) is 5.78 Å². The van der Waals surface area contributed by atoms with Crippen molar-refractivity contribution in [3.05, 3.63) is 60.7 Å². The fourth-order valence-corrected chi connectivity index (χ4v) is 8.41. The topological polar surface area (TPSA) is 46.5 Å². The van der Waals surface area contributed by atoms with E-state index in [-0.39, 0.29) is 23.8 Å². The van der Waals surface area contributed by atoms with Crippen molar-refractivity contribution in [2.45, 2.75) is 64.5 Å². The van der Waals surface area contributed by atoms with Crippen molar-refractivity contribution in [3.8, 4) is 0 Å². The van der Waals surface area contributed by atoms with Crippen LogP contribution in [0.15, 0.2) is 60.7 Å². The molecule has 2 aromatic rings. The first-order valence-electron chi connectivity index (χ1n) is 10.2. The molecular formula is C24H34O3Si. The summed E-state index contributed by atoms with van der Waals surface area (Å²) in [7, 11) is -2.71. The van der Waals surface area contributed by atoms with Gasteiger partial charge in [0, 0.05) is 12.8 Å². The molecule has 4 heteroatoms. The van der Waals surface area contributed by atoms with Gasteiger partial charge < -0.3 is 9.53 Å². The molecule has 2 rings (SSSR count). The van der Waals surface area contributed by atoms with Gasteiger partial charge in [0.05, 0.1) is 12.2 Å².